The summed E-state index contributed by atoms with van der Waals surface area (Å²) in [4.78, 5) is 16.9. The highest BCUT2D eigenvalue weighted by Gasteiger charge is 2.39. The molecule has 20 heavy (non-hydrogen) atoms. The van der Waals surface area contributed by atoms with Crippen LogP contribution in [0.4, 0.5) is 4.79 Å². The van der Waals surface area contributed by atoms with E-state index < -0.39 is 11.6 Å². The summed E-state index contributed by atoms with van der Waals surface area (Å²) in [6, 6.07) is 5.71. The van der Waals surface area contributed by atoms with Gasteiger partial charge in [0.15, 0.2) is 0 Å². The summed E-state index contributed by atoms with van der Waals surface area (Å²) in [6.07, 6.45) is 1.68. The summed E-state index contributed by atoms with van der Waals surface area (Å²) in [5, 5.41) is 9.15. The maximum absolute atomic E-state index is 11.1. The standard InChI is InChI=1S/C16H18N2O2/c1-12-6-4-8-14(17-12)9-5-7-13-10-11-18(15(19)20)16(13,2)3/h4,6-8H,10-11H2,1-3H3,(H,19,20)/b13-7+. The minimum atomic E-state index is -0.883. The molecule has 1 aromatic rings. The molecule has 1 amide bonds. The molecule has 4 heteroatoms. The van der Waals surface area contributed by atoms with Crippen LogP contribution < -0.4 is 0 Å². The van der Waals surface area contributed by atoms with Gasteiger partial charge in [-0.3, -0.25) is 4.90 Å². The van der Waals surface area contributed by atoms with Crippen molar-refractivity contribution in [2.75, 3.05) is 6.54 Å². The quantitative estimate of drug-likeness (QED) is 0.737. The van der Waals surface area contributed by atoms with E-state index in [0.717, 1.165) is 23.4 Å². The SMILES string of the molecule is Cc1cccc(C#C/C=C2\CCN(C(=O)O)C2(C)C)n1. The molecule has 0 unspecified atom stereocenters. The van der Waals surface area contributed by atoms with Crippen LogP contribution in [0.2, 0.25) is 0 Å². The molecule has 4 nitrogen and oxygen atoms in total. The Balaban J connectivity index is 2.20. The first kappa shape index (κ1) is 14.1. The Morgan fingerprint density at radius 2 is 2.25 bits per heavy atom. The lowest BCUT2D eigenvalue weighted by Gasteiger charge is -2.29. The van der Waals surface area contributed by atoms with Gasteiger partial charge < -0.3 is 5.11 Å². The molecule has 0 bridgehead atoms. The normalized spacial score (nSPS) is 18.8. The fourth-order valence-corrected chi connectivity index (χ4v) is 2.38. The van der Waals surface area contributed by atoms with Gasteiger partial charge in [-0.05, 0) is 56.9 Å². The van der Waals surface area contributed by atoms with Crippen LogP contribution in [0.5, 0.6) is 0 Å². The molecule has 0 aromatic carbocycles. The number of pyridine rings is 1. The molecule has 2 rings (SSSR count). The molecule has 104 valence electrons. The van der Waals surface area contributed by atoms with Crippen molar-refractivity contribution in [3.63, 3.8) is 0 Å². The summed E-state index contributed by atoms with van der Waals surface area (Å²) in [5.41, 5.74) is 2.22. The Hall–Kier alpha value is -2.28. The lowest BCUT2D eigenvalue weighted by molar-refractivity contribution is 0.124. The smallest absolute Gasteiger partial charge is 0.408 e. The highest BCUT2D eigenvalue weighted by Crippen LogP contribution is 2.33. The fourth-order valence-electron chi connectivity index (χ4n) is 2.38. The van der Waals surface area contributed by atoms with Crippen LogP contribution in [-0.4, -0.2) is 33.2 Å². The Bertz CT molecular complexity index is 621. The third-order valence-corrected chi connectivity index (χ3v) is 3.63. The second-order valence-electron chi connectivity index (χ2n) is 5.35. The number of nitrogens with zero attached hydrogens (tertiary/aromatic N) is 2. The molecule has 2 heterocycles. The predicted molar refractivity (Wildman–Crippen MR) is 77.4 cm³/mol. The van der Waals surface area contributed by atoms with E-state index in [2.05, 4.69) is 16.8 Å². The second kappa shape index (κ2) is 5.38. The van der Waals surface area contributed by atoms with Gasteiger partial charge >= 0.3 is 6.09 Å². The summed E-state index contributed by atoms with van der Waals surface area (Å²) in [5.74, 6) is 5.98. The lowest BCUT2D eigenvalue weighted by Crippen LogP contribution is -2.42. The number of carboxylic acid groups (broad SMARTS) is 1. The van der Waals surface area contributed by atoms with Crippen molar-refractivity contribution >= 4 is 6.09 Å². The molecule has 0 saturated carbocycles. The van der Waals surface area contributed by atoms with Gasteiger partial charge in [-0.25, -0.2) is 9.78 Å². The first-order valence-electron chi connectivity index (χ1n) is 6.56. The number of amides is 1. The molecule has 1 fully saturated rings. The molecule has 1 aromatic heterocycles. The van der Waals surface area contributed by atoms with Crippen molar-refractivity contribution in [1.29, 1.82) is 0 Å². The minimum Gasteiger partial charge on any atom is -0.465 e. The van der Waals surface area contributed by atoms with Gasteiger partial charge in [0.05, 0.1) is 5.54 Å². The molecule has 0 aliphatic carbocycles. The number of carbonyl (C=O) groups is 1. The zero-order valence-corrected chi connectivity index (χ0v) is 12.0. The van der Waals surface area contributed by atoms with Crippen LogP contribution in [0.15, 0.2) is 29.8 Å². The maximum Gasteiger partial charge on any atom is 0.408 e. The number of rotatable bonds is 0. The molecule has 1 aliphatic heterocycles. The first-order valence-corrected chi connectivity index (χ1v) is 6.56. The average molecular weight is 270 g/mol. The number of hydrogen-bond acceptors (Lipinski definition) is 2. The third-order valence-electron chi connectivity index (χ3n) is 3.63. The Morgan fingerprint density at radius 1 is 1.50 bits per heavy atom. The zero-order valence-electron chi connectivity index (χ0n) is 12.0. The summed E-state index contributed by atoms with van der Waals surface area (Å²) in [6.45, 7) is 6.27. The van der Waals surface area contributed by atoms with E-state index in [1.165, 1.54) is 4.90 Å². The molecule has 1 saturated heterocycles. The maximum atomic E-state index is 11.1. The van der Waals surface area contributed by atoms with Gasteiger partial charge in [0.2, 0.25) is 0 Å². The summed E-state index contributed by atoms with van der Waals surface area (Å²) >= 11 is 0. The number of allylic oxidation sites excluding steroid dienone is 1. The highest BCUT2D eigenvalue weighted by atomic mass is 16.4. The van der Waals surface area contributed by atoms with Crippen molar-refractivity contribution in [2.24, 2.45) is 0 Å². The predicted octanol–water partition coefficient (Wildman–Crippen LogP) is 2.83. The van der Waals surface area contributed by atoms with Crippen LogP contribution in [-0.2, 0) is 0 Å². The van der Waals surface area contributed by atoms with Crippen molar-refractivity contribution in [2.45, 2.75) is 32.7 Å². The Morgan fingerprint density at radius 3 is 2.85 bits per heavy atom. The number of likely N-dealkylation sites (tertiary alicyclic amines) is 1. The first-order chi connectivity index (χ1) is 9.41. The van der Waals surface area contributed by atoms with Gasteiger partial charge in [-0.15, -0.1) is 0 Å². The topological polar surface area (TPSA) is 53.4 Å². The summed E-state index contributed by atoms with van der Waals surface area (Å²) < 4.78 is 0. The molecule has 0 atom stereocenters. The van der Waals surface area contributed by atoms with E-state index in [0.29, 0.717) is 6.54 Å². The van der Waals surface area contributed by atoms with Gasteiger partial charge in [0.1, 0.15) is 5.69 Å². The van der Waals surface area contributed by atoms with Crippen molar-refractivity contribution in [1.82, 2.24) is 9.88 Å². The van der Waals surface area contributed by atoms with E-state index in [-0.39, 0.29) is 0 Å². The average Bonchev–Trinajstić information content (AvgIpc) is 2.65. The van der Waals surface area contributed by atoms with E-state index in [1.807, 2.05) is 45.0 Å². The van der Waals surface area contributed by atoms with E-state index in [9.17, 15) is 4.79 Å². The number of hydrogen-bond donors (Lipinski definition) is 1. The largest absolute Gasteiger partial charge is 0.465 e. The van der Waals surface area contributed by atoms with Crippen LogP contribution in [0, 0.1) is 18.8 Å². The highest BCUT2D eigenvalue weighted by molar-refractivity contribution is 5.68. The van der Waals surface area contributed by atoms with Crippen molar-refractivity contribution in [3.8, 4) is 11.8 Å². The van der Waals surface area contributed by atoms with Crippen LogP contribution in [0.1, 0.15) is 31.7 Å². The number of aryl methyl sites for hydroxylation is 1. The van der Waals surface area contributed by atoms with Crippen molar-refractivity contribution < 1.29 is 9.90 Å². The molecule has 1 N–H and O–H groups in total. The Kier molecular flexibility index (Phi) is 3.80. The van der Waals surface area contributed by atoms with Crippen LogP contribution in [0.3, 0.4) is 0 Å². The molecule has 1 aliphatic rings. The van der Waals surface area contributed by atoms with Gasteiger partial charge in [-0.2, -0.15) is 0 Å². The van der Waals surface area contributed by atoms with Gasteiger partial charge in [-0.1, -0.05) is 12.0 Å². The Labute approximate surface area is 119 Å². The van der Waals surface area contributed by atoms with Crippen LogP contribution in [0.25, 0.3) is 0 Å². The van der Waals surface area contributed by atoms with Crippen molar-refractivity contribution in [3.05, 3.63) is 41.2 Å². The van der Waals surface area contributed by atoms with E-state index in [1.54, 1.807) is 0 Å². The molecule has 0 spiro atoms. The molecular weight excluding hydrogens is 252 g/mol. The monoisotopic (exact) mass is 270 g/mol. The third kappa shape index (κ3) is 2.83. The summed E-state index contributed by atoms with van der Waals surface area (Å²) in [7, 11) is 0. The van der Waals surface area contributed by atoms with Gasteiger partial charge in [0, 0.05) is 12.2 Å². The molecular formula is C16H18N2O2. The second-order valence-corrected chi connectivity index (χ2v) is 5.35. The minimum absolute atomic E-state index is 0.486. The van der Waals surface area contributed by atoms with Crippen LogP contribution >= 0.6 is 0 Å². The fraction of sp³-hybridized carbons (Fsp3) is 0.375. The lowest BCUT2D eigenvalue weighted by atomic mass is 9.95. The van der Waals surface area contributed by atoms with E-state index in [4.69, 9.17) is 5.11 Å². The molecule has 0 radical (unpaired) electrons. The zero-order chi connectivity index (χ0) is 14.8. The number of aromatic nitrogens is 1. The van der Waals surface area contributed by atoms with E-state index >= 15 is 0 Å². The van der Waals surface area contributed by atoms with Gasteiger partial charge in [0.25, 0.3) is 0 Å².